The lowest BCUT2D eigenvalue weighted by Gasteiger charge is -2.26. The van der Waals surface area contributed by atoms with Gasteiger partial charge in [-0.2, -0.15) is 0 Å². The molecule has 1 fully saturated rings. The minimum absolute atomic E-state index is 0.0815. The van der Waals surface area contributed by atoms with E-state index < -0.39 is 5.97 Å². The first kappa shape index (κ1) is 15.5. The minimum atomic E-state index is -0.714. The van der Waals surface area contributed by atoms with Crippen molar-refractivity contribution in [3.8, 4) is 0 Å². The van der Waals surface area contributed by atoms with Crippen LogP contribution in [0, 0.1) is 17.7 Å². The summed E-state index contributed by atoms with van der Waals surface area (Å²) in [6.45, 7) is 0.590. The Morgan fingerprint density at radius 2 is 1.76 bits per heavy atom. The summed E-state index contributed by atoms with van der Waals surface area (Å²) in [7, 11) is 0. The Morgan fingerprint density at radius 3 is 2.33 bits per heavy atom. The third-order valence-corrected chi connectivity index (χ3v) is 4.06. The van der Waals surface area contributed by atoms with Crippen LogP contribution in [0.4, 0.5) is 4.39 Å². The monoisotopic (exact) mass is 293 g/mol. The van der Waals surface area contributed by atoms with Gasteiger partial charge in [-0.25, -0.2) is 4.39 Å². The molecule has 1 amide bonds. The molecule has 114 valence electrons. The van der Waals surface area contributed by atoms with Crippen molar-refractivity contribution in [2.75, 3.05) is 6.54 Å². The molecule has 1 aliphatic rings. The number of benzene rings is 1. The van der Waals surface area contributed by atoms with Crippen LogP contribution in [0.15, 0.2) is 24.3 Å². The standard InChI is InChI=1S/C16H20FNO3/c17-14-7-3-11(4-8-14)9-15(19)18-10-12-1-5-13(6-2-12)16(20)21/h3-4,7-8,12-13H,1-2,5-6,9-10H2,(H,18,19)(H,20,21). The van der Waals surface area contributed by atoms with Crippen molar-refractivity contribution in [1.82, 2.24) is 5.32 Å². The van der Waals surface area contributed by atoms with Gasteiger partial charge in [0.05, 0.1) is 12.3 Å². The van der Waals surface area contributed by atoms with E-state index in [1.54, 1.807) is 12.1 Å². The maximum absolute atomic E-state index is 12.8. The van der Waals surface area contributed by atoms with Gasteiger partial charge in [-0.15, -0.1) is 0 Å². The minimum Gasteiger partial charge on any atom is -0.481 e. The van der Waals surface area contributed by atoms with E-state index in [1.165, 1.54) is 12.1 Å². The number of nitrogens with one attached hydrogen (secondary N) is 1. The maximum Gasteiger partial charge on any atom is 0.306 e. The summed E-state index contributed by atoms with van der Waals surface area (Å²) in [6.07, 6.45) is 3.30. The second-order valence-corrected chi connectivity index (χ2v) is 5.66. The van der Waals surface area contributed by atoms with Crippen molar-refractivity contribution >= 4 is 11.9 Å². The van der Waals surface area contributed by atoms with Gasteiger partial charge in [-0.05, 0) is 49.3 Å². The third kappa shape index (κ3) is 4.85. The Labute approximate surface area is 123 Å². The van der Waals surface area contributed by atoms with Gasteiger partial charge in [0.15, 0.2) is 0 Å². The van der Waals surface area contributed by atoms with Gasteiger partial charge < -0.3 is 10.4 Å². The Balaban J connectivity index is 1.70. The van der Waals surface area contributed by atoms with Gasteiger partial charge in [0.2, 0.25) is 5.91 Å². The van der Waals surface area contributed by atoms with Crippen LogP contribution in [-0.4, -0.2) is 23.5 Å². The molecule has 1 aromatic rings. The normalized spacial score (nSPS) is 21.8. The average molecular weight is 293 g/mol. The van der Waals surface area contributed by atoms with E-state index in [-0.39, 0.29) is 24.1 Å². The number of hydrogen-bond acceptors (Lipinski definition) is 2. The largest absolute Gasteiger partial charge is 0.481 e. The van der Waals surface area contributed by atoms with Crippen LogP contribution in [0.1, 0.15) is 31.2 Å². The van der Waals surface area contributed by atoms with E-state index in [0.717, 1.165) is 18.4 Å². The molecule has 1 aromatic carbocycles. The molecule has 2 rings (SSSR count). The Morgan fingerprint density at radius 1 is 1.14 bits per heavy atom. The zero-order valence-electron chi connectivity index (χ0n) is 11.8. The van der Waals surface area contributed by atoms with E-state index in [0.29, 0.717) is 25.3 Å². The van der Waals surface area contributed by atoms with E-state index in [1.807, 2.05) is 0 Å². The molecule has 5 heteroatoms. The molecule has 0 aliphatic heterocycles. The number of halogens is 1. The van der Waals surface area contributed by atoms with Crippen LogP contribution in [0.5, 0.6) is 0 Å². The fourth-order valence-electron chi connectivity index (χ4n) is 2.72. The Kier molecular flexibility index (Phi) is 5.31. The zero-order chi connectivity index (χ0) is 15.2. The lowest BCUT2D eigenvalue weighted by Crippen LogP contribution is -2.33. The molecule has 0 unspecified atom stereocenters. The lowest BCUT2D eigenvalue weighted by molar-refractivity contribution is -0.143. The smallest absolute Gasteiger partial charge is 0.306 e. The molecule has 1 saturated carbocycles. The van der Waals surface area contributed by atoms with Crippen LogP contribution in [0.2, 0.25) is 0 Å². The van der Waals surface area contributed by atoms with Gasteiger partial charge in [0.25, 0.3) is 0 Å². The van der Waals surface area contributed by atoms with Crippen molar-refractivity contribution in [3.63, 3.8) is 0 Å². The van der Waals surface area contributed by atoms with E-state index in [4.69, 9.17) is 5.11 Å². The Bertz CT molecular complexity index is 493. The quantitative estimate of drug-likeness (QED) is 0.876. The fourth-order valence-corrected chi connectivity index (χ4v) is 2.72. The predicted molar refractivity (Wildman–Crippen MR) is 76.2 cm³/mol. The van der Waals surface area contributed by atoms with Crippen LogP contribution in [0.25, 0.3) is 0 Å². The number of carboxylic acid groups (broad SMARTS) is 1. The third-order valence-electron chi connectivity index (χ3n) is 4.06. The van der Waals surface area contributed by atoms with E-state index in [9.17, 15) is 14.0 Å². The molecule has 4 nitrogen and oxygen atoms in total. The van der Waals surface area contributed by atoms with Gasteiger partial charge in [-0.1, -0.05) is 12.1 Å². The van der Waals surface area contributed by atoms with Gasteiger partial charge in [0, 0.05) is 6.54 Å². The topological polar surface area (TPSA) is 66.4 Å². The first-order valence-electron chi connectivity index (χ1n) is 7.28. The van der Waals surface area contributed by atoms with Gasteiger partial charge in [0.1, 0.15) is 5.82 Å². The predicted octanol–water partition coefficient (Wildman–Crippen LogP) is 2.38. The molecule has 0 atom stereocenters. The number of amides is 1. The van der Waals surface area contributed by atoms with Crippen molar-refractivity contribution < 1.29 is 19.1 Å². The van der Waals surface area contributed by atoms with Crippen LogP contribution in [0.3, 0.4) is 0 Å². The summed E-state index contributed by atoms with van der Waals surface area (Å²) in [6, 6.07) is 5.89. The second-order valence-electron chi connectivity index (χ2n) is 5.66. The summed E-state index contributed by atoms with van der Waals surface area (Å²) in [5, 5.41) is 11.8. The van der Waals surface area contributed by atoms with Crippen LogP contribution < -0.4 is 5.32 Å². The van der Waals surface area contributed by atoms with E-state index >= 15 is 0 Å². The molecule has 21 heavy (non-hydrogen) atoms. The number of carboxylic acids is 1. The highest BCUT2D eigenvalue weighted by molar-refractivity contribution is 5.78. The molecule has 0 radical (unpaired) electrons. The van der Waals surface area contributed by atoms with E-state index in [2.05, 4.69) is 5.32 Å². The number of rotatable bonds is 5. The number of carbonyl (C=O) groups excluding carboxylic acids is 1. The summed E-state index contributed by atoms with van der Waals surface area (Å²) in [5.41, 5.74) is 0.781. The number of hydrogen-bond donors (Lipinski definition) is 2. The van der Waals surface area contributed by atoms with Gasteiger partial charge in [-0.3, -0.25) is 9.59 Å². The molecule has 1 aliphatic carbocycles. The number of aliphatic carboxylic acids is 1. The molecule has 0 saturated heterocycles. The fraction of sp³-hybridized carbons (Fsp3) is 0.500. The molecule has 0 aromatic heterocycles. The molecular weight excluding hydrogens is 273 g/mol. The summed E-state index contributed by atoms with van der Waals surface area (Å²) < 4.78 is 12.8. The highest BCUT2D eigenvalue weighted by atomic mass is 19.1. The zero-order valence-corrected chi connectivity index (χ0v) is 11.8. The molecule has 2 N–H and O–H groups in total. The highest BCUT2D eigenvalue weighted by Gasteiger charge is 2.25. The van der Waals surface area contributed by atoms with Gasteiger partial charge >= 0.3 is 5.97 Å². The average Bonchev–Trinajstić information content (AvgIpc) is 2.48. The van der Waals surface area contributed by atoms with Crippen LogP contribution in [-0.2, 0) is 16.0 Å². The second kappa shape index (κ2) is 7.20. The van der Waals surface area contributed by atoms with Crippen molar-refractivity contribution in [3.05, 3.63) is 35.6 Å². The molecular formula is C16H20FNO3. The molecule has 0 heterocycles. The van der Waals surface area contributed by atoms with Crippen molar-refractivity contribution in [2.45, 2.75) is 32.1 Å². The maximum atomic E-state index is 12.8. The van der Waals surface area contributed by atoms with Crippen LogP contribution >= 0.6 is 0 Å². The lowest BCUT2D eigenvalue weighted by atomic mass is 9.82. The highest BCUT2D eigenvalue weighted by Crippen LogP contribution is 2.28. The first-order valence-corrected chi connectivity index (χ1v) is 7.28. The molecule has 0 bridgehead atoms. The van der Waals surface area contributed by atoms with Crippen molar-refractivity contribution in [2.24, 2.45) is 11.8 Å². The Hall–Kier alpha value is -1.91. The van der Waals surface area contributed by atoms with Crippen molar-refractivity contribution in [1.29, 1.82) is 0 Å². The first-order chi connectivity index (χ1) is 10.0. The molecule has 0 spiro atoms. The SMILES string of the molecule is O=C(Cc1ccc(F)cc1)NCC1CCC(C(=O)O)CC1. The number of carbonyl (C=O) groups is 2. The summed E-state index contributed by atoms with van der Waals surface area (Å²) >= 11 is 0. The summed E-state index contributed by atoms with van der Waals surface area (Å²) in [5.74, 6) is -0.973. The summed E-state index contributed by atoms with van der Waals surface area (Å²) in [4.78, 5) is 22.7.